The molecular formula is C20H25N2O5S+. The molecular weight excluding hydrogens is 380 g/mol. The van der Waals surface area contributed by atoms with Gasteiger partial charge in [0.25, 0.3) is 5.01 Å². The number of aliphatic hydroxyl groups excluding tert-OH is 5. The second kappa shape index (κ2) is 8.95. The predicted octanol–water partition coefficient (Wildman–Crippen LogP) is 0.241. The zero-order chi connectivity index (χ0) is 20.3. The highest BCUT2D eigenvalue weighted by Gasteiger charge is 2.29. The highest BCUT2D eigenvalue weighted by Crippen LogP contribution is 2.28. The van der Waals surface area contributed by atoms with Crippen LogP contribution in [0.5, 0.6) is 0 Å². The van der Waals surface area contributed by atoms with Crippen molar-refractivity contribution in [1.82, 2.24) is 0 Å². The first-order valence-corrected chi connectivity index (χ1v) is 9.79. The molecule has 2 aromatic carbocycles. The molecule has 0 aliphatic carbocycles. The molecule has 28 heavy (non-hydrogen) atoms. The summed E-state index contributed by atoms with van der Waals surface area (Å²) >= 11 is 1.71. The summed E-state index contributed by atoms with van der Waals surface area (Å²) in [7, 11) is 2.03. The van der Waals surface area contributed by atoms with Crippen LogP contribution >= 0.6 is 11.3 Å². The smallest absolute Gasteiger partial charge is 0.269 e. The second-order valence-electron chi connectivity index (χ2n) is 6.69. The van der Waals surface area contributed by atoms with Gasteiger partial charge in [-0.25, -0.2) is 0 Å². The van der Waals surface area contributed by atoms with E-state index in [4.69, 9.17) is 5.11 Å². The maximum absolute atomic E-state index is 9.98. The Hall–Kier alpha value is -2.07. The minimum atomic E-state index is -1.63. The third kappa shape index (κ3) is 4.33. The number of rotatable bonds is 8. The molecule has 0 fully saturated rings. The van der Waals surface area contributed by atoms with Crippen molar-refractivity contribution in [1.29, 1.82) is 0 Å². The number of nitrogens with one attached hydrogen (secondary N) is 1. The second-order valence-corrected chi connectivity index (χ2v) is 7.72. The van der Waals surface area contributed by atoms with Crippen LogP contribution in [-0.4, -0.2) is 63.1 Å². The fourth-order valence-electron chi connectivity index (χ4n) is 2.99. The average molecular weight is 405 g/mol. The van der Waals surface area contributed by atoms with Crippen LogP contribution in [0.4, 0.5) is 5.69 Å². The Morgan fingerprint density at radius 3 is 2.21 bits per heavy atom. The molecule has 150 valence electrons. The molecule has 3 rings (SSSR count). The number of para-hydroxylation sites is 1. The lowest BCUT2D eigenvalue weighted by molar-refractivity contribution is -0.629. The van der Waals surface area contributed by atoms with Gasteiger partial charge in [-0.1, -0.05) is 23.5 Å². The van der Waals surface area contributed by atoms with E-state index in [1.54, 1.807) is 11.3 Å². The van der Waals surface area contributed by atoms with E-state index in [9.17, 15) is 20.4 Å². The van der Waals surface area contributed by atoms with Crippen molar-refractivity contribution in [2.45, 2.75) is 24.4 Å². The monoisotopic (exact) mass is 405 g/mol. The summed E-state index contributed by atoms with van der Waals surface area (Å²) in [5.41, 5.74) is 2.98. The van der Waals surface area contributed by atoms with E-state index >= 15 is 0 Å². The lowest BCUT2D eigenvalue weighted by Gasteiger charge is -2.26. The van der Waals surface area contributed by atoms with E-state index in [1.807, 2.05) is 43.4 Å². The number of fused-ring (bicyclic) bond motifs is 1. The Morgan fingerprint density at radius 1 is 0.929 bits per heavy atom. The summed E-state index contributed by atoms with van der Waals surface area (Å²) in [6.07, 6.45) is -6.02. The predicted molar refractivity (Wildman–Crippen MR) is 108 cm³/mol. The van der Waals surface area contributed by atoms with Crippen LogP contribution in [-0.2, 0) is 7.05 Å². The van der Waals surface area contributed by atoms with E-state index in [0.717, 1.165) is 16.3 Å². The average Bonchev–Trinajstić information content (AvgIpc) is 3.07. The number of benzene rings is 2. The third-order valence-electron chi connectivity index (χ3n) is 4.71. The fourth-order valence-corrected chi connectivity index (χ4v) is 4.15. The summed E-state index contributed by atoms with van der Waals surface area (Å²) in [5.74, 6) is 0. The minimum Gasteiger partial charge on any atom is -0.394 e. The molecule has 0 radical (unpaired) electrons. The number of thiazole rings is 1. The first-order chi connectivity index (χ1) is 13.4. The van der Waals surface area contributed by atoms with Crippen molar-refractivity contribution in [2.75, 3.05) is 18.5 Å². The van der Waals surface area contributed by atoms with E-state index < -0.39 is 31.0 Å². The van der Waals surface area contributed by atoms with Gasteiger partial charge in [0.2, 0.25) is 5.52 Å². The van der Waals surface area contributed by atoms with Crippen LogP contribution in [0.15, 0.2) is 48.5 Å². The van der Waals surface area contributed by atoms with Crippen molar-refractivity contribution in [3.8, 4) is 10.6 Å². The molecule has 0 saturated carbocycles. The van der Waals surface area contributed by atoms with Crippen LogP contribution < -0.4 is 9.88 Å². The molecule has 6 N–H and O–H groups in total. The van der Waals surface area contributed by atoms with Gasteiger partial charge in [-0.15, -0.1) is 0 Å². The molecule has 4 atom stereocenters. The summed E-state index contributed by atoms with van der Waals surface area (Å²) in [4.78, 5) is 0. The van der Waals surface area contributed by atoms with Gasteiger partial charge in [0.1, 0.15) is 30.1 Å². The minimum absolute atomic E-state index is 0.0214. The summed E-state index contributed by atoms with van der Waals surface area (Å²) in [6.45, 7) is -0.721. The van der Waals surface area contributed by atoms with Gasteiger partial charge in [-0.2, -0.15) is 4.57 Å². The Labute approximate surface area is 166 Å². The van der Waals surface area contributed by atoms with Crippen molar-refractivity contribution in [3.63, 3.8) is 0 Å². The molecule has 0 amide bonds. The highest BCUT2D eigenvalue weighted by atomic mass is 32.1. The Balaban J connectivity index is 1.65. The number of aliphatic hydroxyl groups is 5. The molecule has 0 spiro atoms. The van der Waals surface area contributed by atoms with Crippen LogP contribution in [0.1, 0.15) is 0 Å². The van der Waals surface area contributed by atoms with Gasteiger partial charge in [0, 0.05) is 18.3 Å². The first-order valence-electron chi connectivity index (χ1n) is 8.97. The van der Waals surface area contributed by atoms with Gasteiger partial charge in [0.15, 0.2) is 0 Å². The van der Waals surface area contributed by atoms with Crippen molar-refractivity contribution >= 4 is 27.2 Å². The van der Waals surface area contributed by atoms with Crippen molar-refractivity contribution in [3.05, 3.63) is 48.5 Å². The number of nitrogens with zero attached hydrogens (tertiary/aromatic N) is 1. The van der Waals surface area contributed by atoms with Gasteiger partial charge in [-0.05, 0) is 30.3 Å². The molecule has 1 aromatic heterocycles. The van der Waals surface area contributed by atoms with E-state index in [2.05, 4.69) is 22.0 Å². The molecule has 8 heteroatoms. The van der Waals surface area contributed by atoms with Crippen LogP contribution in [0.2, 0.25) is 0 Å². The maximum Gasteiger partial charge on any atom is 0.269 e. The van der Waals surface area contributed by atoms with Gasteiger partial charge in [0.05, 0.1) is 18.3 Å². The highest BCUT2D eigenvalue weighted by molar-refractivity contribution is 7.21. The lowest BCUT2D eigenvalue weighted by atomic mass is 10.0. The number of aryl methyl sites for hydroxylation is 1. The maximum atomic E-state index is 9.98. The topological polar surface area (TPSA) is 117 Å². The molecule has 7 nitrogen and oxygen atoms in total. The molecule has 4 unspecified atom stereocenters. The molecule has 0 aliphatic rings. The quantitative estimate of drug-likeness (QED) is 0.299. The van der Waals surface area contributed by atoms with E-state index in [-0.39, 0.29) is 6.54 Å². The van der Waals surface area contributed by atoms with Crippen molar-refractivity contribution in [2.24, 2.45) is 7.05 Å². The number of hydrogen-bond acceptors (Lipinski definition) is 7. The molecule has 1 heterocycles. The van der Waals surface area contributed by atoms with Gasteiger partial charge in [-0.3, -0.25) is 0 Å². The molecule has 0 saturated heterocycles. The van der Waals surface area contributed by atoms with Crippen LogP contribution in [0, 0.1) is 0 Å². The zero-order valence-electron chi connectivity index (χ0n) is 15.4. The van der Waals surface area contributed by atoms with Crippen molar-refractivity contribution < 1.29 is 30.1 Å². The van der Waals surface area contributed by atoms with E-state index in [0.29, 0.717) is 0 Å². The number of aromatic nitrogens is 1. The molecule has 0 aliphatic heterocycles. The first kappa shape index (κ1) is 20.7. The standard InChI is InChI=1S/C20H24N2O5S/c1-22-14-4-2-3-5-17(14)28-20(22)12-6-8-13(9-7-12)21-10-15(24)18(26)19(27)16(25)11-23/h2-9,15-16,18-19,23-27H,10-11H2,1H3/p+1. The zero-order valence-corrected chi connectivity index (χ0v) is 16.3. The fraction of sp³-hybridized carbons (Fsp3) is 0.350. The molecule has 0 bridgehead atoms. The van der Waals surface area contributed by atoms with Crippen LogP contribution in [0.25, 0.3) is 20.8 Å². The SMILES string of the molecule is C[n+]1c(-c2ccc(NCC(O)C(O)C(O)C(O)CO)cc2)sc2ccccc21. The largest absolute Gasteiger partial charge is 0.394 e. The van der Waals surface area contributed by atoms with Crippen LogP contribution in [0.3, 0.4) is 0 Å². The Bertz CT molecular complexity index is 915. The summed E-state index contributed by atoms with van der Waals surface area (Å²) in [5, 5.41) is 51.8. The molecule has 3 aromatic rings. The third-order valence-corrected chi connectivity index (χ3v) is 5.98. The van der Waals surface area contributed by atoms with Gasteiger partial charge >= 0.3 is 0 Å². The Morgan fingerprint density at radius 2 is 1.57 bits per heavy atom. The Kier molecular flexibility index (Phi) is 6.61. The van der Waals surface area contributed by atoms with E-state index in [1.165, 1.54) is 10.2 Å². The summed E-state index contributed by atoms with van der Waals surface area (Å²) in [6, 6.07) is 15.9. The number of hydrogen-bond donors (Lipinski definition) is 6. The summed E-state index contributed by atoms with van der Waals surface area (Å²) < 4.78 is 3.36. The van der Waals surface area contributed by atoms with Gasteiger partial charge < -0.3 is 30.8 Å². The number of anilines is 1. The normalized spacial score (nSPS) is 15.9. The lowest BCUT2D eigenvalue weighted by Crippen LogP contribution is -2.47.